The van der Waals surface area contributed by atoms with Crippen LogP contribution < -0.4 is 4.74 Å². The Labute approximate surface area is 152 Å². The van der Waals surface area contributed by atoms with E-state index >= 15 is 0 Å². The van der Waals surface area contributed by atoms with Crippen molar-refractivity contribution in [3.8, 4) is 11.8 Å². The highest BCUT2D eigenvalue weighted by molar-refractivity contribution is 9.09. The molecule has 0 aromatic heterocycles. The number of benzene rings is 1. The van der Waals surface area contributed by atoms with Gasteiger partial charge in [0.25, 0.3) is 0 Å². The van der Waals surface area contributed by atoms with Crippen LogP contribution >= 0.6 is 15.9 Å². The fraction of sp³-hybridized carbons (Fsp3) is 0.579. The second kappa shape index (κ2) is 8.53. The summed E-state index contributed by atoms with van der Waals surface area (Å²) in [6.45, 7) is 2.28. The molecule has 1 fully saturated rings. The Hall–Kier alpha value is -1.54. The Balaban J connectivity index is 2.24. The van der Waals surface area contributed by atoms with Gasteiger partial charge in [-0.25, -0.2) is 0 Å². The van der Waals surface area contributed by atoms with E-state index in [1.165, 1.54) is 5.56 Å². The first-order chi connectivity index (χ1) is 11.6. The molecule has 0 aliphatic heterocycles. The van der Waals surface area contributed by atoms with Crippen molar-refractivity contribution < 1.29 is 14.3 Å². The molecule has 1 aromatic rings. The number of hydrogen-bond donors (Lipinski definition) is 0. The Morgan fingerprint density at radius 1 is 1.42 bits per heavy atom. The summed E-state index contributed by atoms with van der Waals surface area (Å²) in [6.07, 6.45) is 4.51. The number of alkyl halides is 1. The van der Waals surface area contributed by atoms with Crippen LogP contribution in [0.4, 0.5) is 0 Å². The van der Waals surface area contributed by atoms with Gasteiger partial charge >= 0.3 is 5.97 Å². The van der Waals surface area contributed by atoms with Crippen LogP contribution in [0.2, 0.25) is 0 Å². The first-order valence-corrected chi connectivity index (χ1v) is 9.53. The molecule has 130 valence electrons. The van der Waals surface area contributed by atoms with Crippen molar-refractivity contribution in [1.29, 1.82) is 5.26 Å². The quantitative estimate of drug-likeness (QED) is 0.532. The molecule has 4 nitrogen and oxygen atoms in total. The van der Waals surface area contributed by atoms with Gasteiger partial charge in [0, 0.05) is 5.33 Å². The zero-order valence-corrected chi connectivity index (χ0v) is 15.9. The van der Waals surface area contributed by atoms with Gasteiger partial charge in [0.2, 0.25) is 0 Å². The molecule has 1 aromatic carbocycles. The van der Waals surface area contributed by atoms with E-state index in [0.717, 1.165) is 37.4 Å². The van der Waals surface area contributed by atoms with Gasteiger partial charge in [0.15, 0.2) is 0 Å². The summed E-state index contributed by atoms with van der Waals surface area (Å²) in [5, 5.41) is 10.3. The second-order valence-corrected chi connectivity index (χ2v) is 7.07. The zero-order valence-electron chi connectivity index (χ0n) is 14.3. The maximum absolute atomic E-state index is 12.0. The van der Waals surface area contributed by atoms with Crippen molar-refractivity contribution in [2.45, 2.75) is 44.4 Å². The van der Waals surface area contributed by atoms with E-state index in [1.807, 2.05) is 19.1 Å². The van der Waals surface area contributed by atoms with Crippen LogP contribution in [0.1, 0.15) is 50.2 Å². The molecule has 0 amide bonds. The van der Waals surface area contributed by atoms with E-state index in [1.54, 1.807) is 7.11 Å². The van der Waals surface area contributed by atoms with Gasteiger partial charge in [-0.2, -0.15) is 5.26 Å². The molecule has 1 aliphatic carbocycles. The molecule has 1 saturated carbocycles. The van der Waals surface area contributed by atoms with Crippen LogP contribution in [0.5, 0.6) is 5.75 Å². The predicted molar refractivity (Wildman–Crippen MR) is 96.4 cm³/mol. The molecule has 0 saturated heterocycles. The van der Waals surface area contributed by atoms with E-state index in [0.29, 0.717) is 17.9 Å². The molecule has 0 bridgehead atoms. The number of carbonyl (C=O) groups excluding carboxylic acids is 1. The minimum Gasteiger partial charge on any atom is -0.495 e. The van der Waals surface area contributed by atoms with Gasteiger partial charge in [0.05, 0.1) is 25.2 Å². The standard InChI is InChI=1S/C19H24BrNO3/c1-3-24-18(22)14-6-8-19(9-7-14,10-11-20)16-4-5-17(23-2)15(12-16)13-21/h4-5,12,14H,3,6-11H2,1-2H3. The van der Waals surface area contributed by atoms with Gasteiger partial charge < -0.3 is 9.47 Å². The van der Waals surface area contributed by atoms with Gasteiger partial charge in [-0.1, -0.05) is 22.0 Å². The maximum Gasteiger partial charge on any atom is 0.308 e. The highest BCUT2D eigenvalue weighted by Crippen LogP contribution is 2.45. The lowest BCUT2D eigenvalue weighted by Gasteiger charge is -2.40. The Kier molecular flexibility index (Phi) is 6.68. The molecular formula is C19H24BrNO3. The lowest BCUT2D eigenvalue weighted by atomic mass is 9.65. The van der Waals surface area contributed by atoms with E-state index in [4.69, 9.17) is 9.47 Å². The lowest BCUT2D eigenvalue weighted by molar-refractivity contribution is -0.149. The summed E-state index contributed by atoms with van der Waals surface area (Å²) in [5.41, 5.74) is 1.74. The number of rotatable bonds is 6. The fourth-order valence-electron chi connectivity index (χ4n) is 3.66. The third-order valence-electron chi connectivity index (χ3n) is 5.07. The monoisotopic (exact) mass is 393 g/mol. The Morgan fingerprint density at radius 3 is 2.67 bits per heavy atom. The largest absolute Gasteiger partial charge is 0.495 e. The van der Waals surface area contributed by atoms with E-state index < -0.39 is 0 Å². The van der Waals surface area contributed by atoms with Gasteiger partial charge in [0.1, 0.15) is 11.8 Å². The predicted octanol–water partition coefficient (Wildman–Crippen LogP) is 4.34. The summed E-state index contributed by atoms with van der Waals surface area (Å²) >= 11 is 3.57. The summed E-state index contributed by atoms with van der Waals surface area (Å²) < 4.78 is 10.4. The number of nitrogens with zero attached hydrogens (tertiary/aromatic N) is 1. The minimum atomic E-state index is -0.0719. The average molecular weight is 394 g/mol. The minimum absolute atomic E-state index is 0.00193. The van der Waals surface area contributed by atoms with Gasteiger partial charge in [-0.15, -0.1) is 0 Å². The number of ether oxygens (including phenoxy) is 2. The molecule has 0 radical (unpaired) electrons. The molecule has 0 unspecified atom stereocenters. The molecule has 1 aliphatic rings. The third-order valence-corrected chi connectivity index (χ3v) is 5.46. The van der Waals surface area contributed by atoms with Crippen LogP contribution in [0.15, 0.2) is 18.2 Å². The van der Waals surface area contributed by atoms with Crippen molar-refractivity contribution in [2.75, 3.05) is 19.0 Å². The highest BCUT2D eigenvalue weighted by atomic mass is 79.9. The molecule has 5 heteroatoms. The van der Waals surface area contributed by atoms with Crippen molar-refractivity contribution in [3.05, 3.63) is 29.3 Å². The SMILES string of the molecule is CCOC(=O)C1CCC(CCBr)(c2ccc(OC)c(C#N)c2)CC1. The summed E-state index contributed by atoms with van der Waals surface area (Å²) in [6, 6.07) is 8.11. The zero-order chi connectivity index (χ0) is 17.6. The lowest BCUT2D eigenvalue weighted by Crippen LogP contribution is -2.35. The van der Waals surface area contributed by atoms with E-state index in [2.05, 4.69) is 28.1 Å². The molecule has 0 spiro atoms. The molecule has 2 rings (SSSR count). The van der Waals surface area contributed by atoms with Crippen LogP contribution in [-0.4, -0.2) is 25.0 Å². The van der Waals surface area contributed by atoms with Crippen LogP contribution in [0.25, 0.3) is 0 Å². The van der Waals surface area contributed by atoms with Crippen molar-refractivity contribution in [1.82, 2.24) is 0 Å². The number of halogens is 1. The third kappa shape index (κ3) is 3.92. The maximum atomic E-state index is 12.0. The van der Waals surface area contributed by atoms with Crippen LogP contribution in [0, 0.1) is 17.2 Å². The number of nitriles is 1. The van der Waals surface area contributed by atoms with Gasteiger partial charge in [-0.05, 0) is 62.1 Å². The molecule has 24 heavy (non-hydrogen) atoms. The van der Waals surface area contributed by atoms with Crippen molar-refractivity contribution in [3.63, 3.8) is 0 Å². The molecular weight excluding hydrogens is 370 g/mol. The number of carbonyl (C=O) groups is 1. The van der Waals surface area contributed by atoms with Gasteiger partial charge in [-0.3, -0.25) is 4.79 Å². The first kappa shape index (κ1) is 18.8. The van der Waals surface area contributed by atoms with E-state index in [-0.39, 0.29) is 17.3 Å². The summed E-state index contributed by atoms with van der Waals surface area (Å²) in [7, 11) is 1.58. The summed E-state index contributed by atoms with van der Waals surface area (Å²) in [4.78, 5) is 12.0. The molecule has 0 N–H and O–H groups in total. The molecule has 0 heterocycles. The fourth-order valence-corrected chi connectivity index (χ4v) is 4.41. The molecule has 0 atom stereocenters. The Morgan fingerprint density at radius 2 is 2.12 bits per heavy atom. The summed E-state index contributed by atoms with van der Waals surface area (Å²) in [5.74, 6) is 0.537. The number of esters is 1. The Bertz CT molecular complexity index is 616. The van der Waals surface area contributed by atoms with E-state index in [9.17, 15) is 10.1 Å². The highest BCUT2D eigenvalue weighted by Gasteiger charge is 2.39. The topological polar surface area (TPSA) is 59.3 Å². The second-order valence-electron chi connectivity index (χ2n) is 6.27. The average Bonchev–Trinajstić information content (AvgIpc) is 2.62. The smallest absolute Gasteiger partial charge is 0.308 e. The first-order valence-electron chi connectivity index (χ1n) is 8.41. The van der Waals surface area contributed by atoms with Crippen molar-refractivity contribution >= 4 is 21.9 Å². The number of hydrogen-bond acceptors (Lipinski definition) is 4. The van der Waals surface area contributed by atoms with Crippen LogP contribution in [-0.2, 0) is 14.9 Å². The number of methoxy groups -OCH3 is 1. The van der Waals surface area contributed by atoms with Crippen LogP contribution in [0.3, 0.4) is 0 Å². The van der Waals surface area contributed by atoms with Crippen molar-refractivity contribution in [2.24, 2.45) is 5.92 Å². The normalized spacial score (nSPS) is 23.3.